The number of nitrogens with one attached hydrogen (secondary N) is 1. The average molecular weight is 260 g/mol. The highest BCUT2D eigenvalue weighted by Gasteiger charge is 2.04. The smallest absolute Gasteiger partial charge is 0.319 e. The zero-order valence-electron chi connectivity index (χ0n) is 9.63. The van der Waals surface area contributed by atoms with Gasteiger partial charge in [0.25, 0.3) is 0 Å². The molecule has 94 valence electrons. The van der Waals surface area contributed by atoms with Crippen LogP contribution in [-0.4, -0.2) is 25.7 Å². The molecule has 5 heteroatoms. The Bertz CT molecular complexity index is 385. The second kappa shape index (κ2) is 7.25. The second-order valence-corrected chi connectivity index (χ2v) is 3.90. The Balaban J connectivity index is 2.31. The molecule has 0 saturated heterocycles. The van der Waals surface area contributed by atoms with Crippen LogP contribution in [0, 0.1) is 5.82 Å². The van der Waals surface area contributed by atoms with Crippen molar-refractivity contribution in [1.29, 1.82) is 0 Å². The molecule has 0 heterocycles. The number of ether oxygens (including phenoxy) is 1. The molecule has 0 aromatic heterocycles. The van der Waals surface area contributed by atoms with Gasteiger partial charge >= 0.3 is 5.97 Å². The van der Waals surface area contributed by atoms with Gasteiger partial charge in [-0.2, -0.15) is 0 Å². The van der Waals surface area contributed by atoms with Crippen molar-refractivity contribution < 1.29 is 13.9 Å². The molecule has 0 unspecified atom stereocenters. The lowest BCUT2D eigenvalue weighted by atomic mass is 10.1. The highest BCUT2D eigenvalue weighted by Crippen LogP contribution is 2.14. The summed E-state index contributed by atoms with van der Waals surface area (Å²) < 4.78 is 18.0. The SMILES string of the molecule is CCOC(=O)CNCCc1cc(Cl)ccc1F. The van der Waals surface area contributed by atoms with Crippen molar-refractivity contribution >= 4 is 17.6 Å². The van der Waals surface area contributed by atoms with Gasteiger partial charge in [-0.15, -0.1) is 0 Å². The number of carbonyl (C=O) groups is 1. The summed E-state index contributed by atoms with van der Waals surface area (Å²) in [4.78, 5) is 11.0. The van der Waals surface area contributed by atoms with Crippen LogP contribution in [-0.2, 0) is 16.0 Å². The minimum Gasteiger partial charge on any atom is -0.465 e. The third-order valence-corrected chi connectivity index (χ3v) is 2.39. The summed E-state index contributed by atoms with van der Waals surface area (Å²) >= 11 is 5.76. The maximum absolute atomic E-state index is 13.3. The van der Waals surface area contributed by atoms with Gasteiger partial charge in [0.15, 0.2) is 0 Å². The van der Waals surface area contributed by atoms with E-state index in [-0.39, 0.29) is 18.3 Å². The van der Waals surface area contributed by atoms with Gasteiger partial charge in [0, 0.05) is 5.02 Å². The zero-order chi connectivity index (χ0) is 12.7. The molecule has 0 saturated carbocycles. The fourth-order valence-corrected chi connectivity index (χ4v) is 1.56. The van der Waals surface area contributed by atoms with Gasteiger partial charge in [0.2, 0.25) is 0 Å². The second-order valence-electron chi connectivity index (χ2n) is 3.47. The molecule has 0 aliphatic rings. The first-order valence-electron chi connectivity index (χ1n) is 5.43. The first kappa shape index (κ1) is 13.9. The first-order valence-corrected chi connectivity index (χ1v) is 5.81. The number of benzene rings is 1. The number of hydrogen-bond donors (Lipinski definition) is 1. The van der Waals surface area contributed by atoms with Crippen LogP contribution < -0.4 is 5.32 Å². The van der Waals surface area contributed by atoms with E-state index < -0.39 is 0 Å². The highest BCUT2D eigenvalue weighted by molar-refractivity contribution is 6.30. The first-order chi connectivity index (χ1) is 8.13. The fourth-order valence-electron chi connectivity index (χ4n) is 1.36. The molecule has 1 aromatic carbocycles. The molecule has 0 spiro atoms. The Morgan fingerprint density at radius 3 is 3.00 bits per heavy atom. The van der Waals surface area contributed by atoms with E-state index >= 15 is 0 Å². The van der Waals surface area contributed by atoms with Gasteiger partial charge in [-0.1, -0.05) is 11.6 Å². The van der Waals surface area contributed by atoms with Crippen LogP contribution >= 0.6 is 11.6 Å². The third-order valence-electron chi connectivity index (χ3n) is 2.15. The lowest BCUT2D eigenvalue weighted by Crippen LogP contribution is -2.26. The maximum Gasteiger partial charge on any atom is 0.319 e. The summed E-state index contributed by atoms with van der Waals surface area (Å²) in [6.07, 6.45) is 0.478. The van der Waals surface area contributed by atoms with E-state index in [1.165, 1.54) is 12.1 Å². The Kier molecular flexibility index (Phi) is 5.94. The van der Waals surface area contributed by atoms with E-state index in [2.05, 4.69) is 5.32 Å². The molecular formula is C12H15ClFNO2. The zero-order valence-corrected chi connectivity index (χ0v) is 10.4. The molecule has 1 N–H and O–H groups in total. The van der Waals surface area contributed by atoms with Gasteiger partial charge in [-0.05, 0) is 43.7 Å². The topological polar surface area (TPSA) is 38.3 Å². The predicted molar refractivity (Wildman–Crippen MR) is 64.6 cm³/mol. The summed E-state index contributed by atoms with van der Waals surface area (Å²) in [5.41, 5.74) is 0.536. The van der Waals surface area contributed by atoms with Crippen LogP contribution in [0.25, 0.3) is 0 Å². The van der Waals surface area contributed by atoms with Crippen molar-refractivity contribution in [3.63, 3.8) is 0 Å². The van der Waals surface area contributed by atoms with Crippen LogP contribution in [0.2, 0.25) is 5.02 Å². The molecule has 17 heavy (non-hydrogen) atoms. The van der Waals surface area contributed by atoms with Crippen molar-refractivity contribution in [1.82, 2.24) is 5.32 Å². The van der Waals surface area contributed by atoms with E-state index in [1.54, 1.807) is 13.0 Å². The summed E-state index contributed by atoms with van der Waals surface area (Å²) in [6.45, 7) is 2.74. The molecule has 0 aliphatic heterocycles. The maximum atomic E-state index is 13.3. The summed E-state index contributed by atoms with van der Waals surface area (Å²) in [7, 11) is 0. The van der Waals surface area contributed by atoms with Gasteiger partial charge in [0.1, 0.15) is 5.82 Å². The van der Waals surface area contributed by atoms with Crippen LogP contribution in [0.3, 0.4) is 0 Å². The quantitative estimate of drug-likeness (QED) is 0.629. The van der Waals surface area contributed by atoms with E-state index in [9.17, 15) is 9.18 Å². The van der Waals surface area contributed by atoms with E-state index in [1.807, 2.05) is 0 Å². The van der Waals surface area contributed by atoms with Crippen LogP contribution in [0.4, 0.5) is 4.39 Å². The van der Waals surface area contributed by atoms with Crippen LogP contribution in [0.1, 0.15) is 12.5 Å². The number of esters is 1. The average Bonchev–Trinajstić information content (AvgIpc) is 2.29. The molecule has 3 nitrogen and oxygen atoms in total. The monoisotopic (exact) mass is 259 g/mol. The lowest BCUT2D eigenvalue weighted by Gasteiger charge is -2.06. The number of halogens is 2. The standard InChI is InChI=1S/C12H15ClFNO2/c1-2-17-12(16)8-15-6-5-9-7-10(13)3-4-11(9)14/h3-4,7,15H,2,5-6,8H2,1H3. The molecule has 1 rings (SSSR count). The number of carbonyl (C=O) groups excluding carboxylic acids is 1. The third kappa shape index (κ3) is 5.15. The highest BCUT2D eigenvalue weighted by atomic mass is 35.5. The van der Waals surface area contributed by atoms with Crippen molar-refractivity contribution in [3.05, 3.63) is 34.6 Å². The molecule has 0 radical (unpaired) electrons. The minimum atomic E-state index is -0.306. The normalized spacial score (nSPS) is 10.3. The Morgan fingerprint density at radius 1 is 1.53 bits per heavy atom. The van der Waals surface area contributed by atoms with E-state index in [0.717, 1.165) is 0 Å². The number of rotatable bonds is 6. The molecule has 0 aliphatic carbocycles. The molecule has 0 amide bonds. The van der Waals surface area contributed by atoms with Gasteiger partial charge in [-0.25, -0.2) is 4.39 Å². The van der Waals surface area contributed by atoms with E-state index in [4.69, 9.17) is 16.3 Å². The van der Waals surface area contributed by atoms with Crippen LogP contribution in [0.5, 0.6) is 0 Å². The van der Waals surface area contributed by atoms with Crippen molar-refractivity contribution in [3.8, 4) is 0 Å². The van der Waals surface area contributed by atoms with Crippen molar-refractivity contribution in [2.24, 2.45) is 0 Å². The molecule has 0 atom stereocenters. The summed E-state index contributed by atoms with van der Waals surface area (Å²) in [6, 6.07) is 4.43. The Hall–Kier alpha value is -1.13. The van der Waals surface area contributed by atoms with Crippen LogP contribution in [0.15, 0.2) is 18.2 Å². The fraction of sp³-hybridized carbons (Fsp3) is 0.417. The molecular weight excluding hydrogens is 245 g/mol. The van der Waals surface area contributed by atoms with Gasteiger partial charge in [-0.3, -0.25) is 4.79 Å². The molecule has 0 bridgehead atoms. The number of hydrogen-bond acceptors (Lipinski definition) is 3. The van der Waals surface area contributed by atoms with Crippen molar-refractivity contribution in [2.45, 2.75) is 13.3 Å². The summed E-state index contributed by atoms with van der Waals surface area (Å²) in [5, 5.41) is 3.39. The Labute approximate surface area is 105 Å². The predicted octanol–water partition coefficient (Wildman–Crippen LogP) is 2.17. The van der Waals surface area contributed by atoms with Crippen molar-refractivity contribution in [2.75, 3.05) is 19.7 Å². The van der Waals surface area contributed by atoms with Gasteiger partial charge < -0.3 is 10.1 Å². The summed E-state index contributed by atoms with van der Waals surface area (Å²) in [5.74, 6) is -0.591. The largest absolute Gasteiger partial charge is 0.465 e. The molecule has 1 aromatic rings. The lowest BCUT2D eigenvalue weighted by molar-refractivity contribution is -0.141. The van der Waals surface area contributed by atoms with E-state index in [0.29, 0.717) is 30.2 Å². The van der Waals surface area contributed by atoms with Gasteiger partial charge in [0.05, 0.1) is 13.2 Å². The molecule has 0 fully saturated rings. The minimum absolute atomic E-state index is 0.135. The Morgan fingerprint density at radius 2 is 2.29 bits per heavy atom.